The molecule has 0 spiro atoms. The summed E-state index contributed by atoms with van der Waals surface area (Å²) in [5.74, 6) is 1.01. The minimum Gasteiger partial charge on any atom is -0.374 e. The molecule has 6 nitrogen and oxygen atoms in total. The van der Waals surface area contributed by atoms with Crippen molar-refractivity contribution in [2.45, 2.75) is 63.5 Å². The average molecular weight is 531 g/mol. The first-order valence-corrected chi connectivity index (χ1v) is 13.8. The van der Waals surface area contributed by atoms with E-state index in [1.807, 2.05) is 36.4 Å². The summed E-state index contributed by atoms with van der Waals surface area (Å²) in [5.41, 5.74) is 9.02. The minimum absolute atomic E-state index is 0.267. The molecule has 2 aliphatic rings. The van der Waals surface area contributed by atoms with Crippen LogP contribution in [0.1, 0.15) is 50.5 Å². The lowest BCUT2D eigenvalue weighted by Gasteiger charge is -2.31. The van der Waals surface area contributed by atoms with E-state index < -0.39 is 0 Å². The van der Waals surface area contributed by atoms with E-state index in [1.165, 1.54) is 19.3 Å². The average Bonchev–Trinajstić information content (AvgIpc) is 2.87. The van der Waals surface area contributed by atoms with E-state index in [2.05, 4.69) is 21.7 Å². The van der Waals surface area contributed by atoms with Gasteiger partial charge < -0.3 is 26.2 Å². The highest BCUT2D eigenvalue weighted by atomic mass is 35.5. The van der Waals surface area contributed by atoms with Gasteiger partial charge in [0.1, 0.15) is 5.82 Å². The maximum Gasteiger partial charge on any atom is 0.214 e. The molecule has 2 aromatic carbocycles. The summed E-state index contributed by atoms with van der Waals surface area (Å²) in [7, 11) is 0. The Morgan fingerprint density at radius 2 is 1.83 bits per heavy atom. The Hall–Kier alpha value is -2.41. The van der Waals surface area contributed by atoms with E-state index in [9.17, 15) is 4.79 Å². The van der Waals surface area contributed by atoms with Crippen LogP contribution in [0, 0.1) is 0 Å². The summed E-state index contributed by atoms with van der Waals surface area (Å²) in [4.78, 5) is 15.9. The number of hydrogen-bond donors (Lipinski definition) is 3. The van der Waals surface area contributed by atoms with Crippen molar-refractivity contribution in [3.63, 3.8) is 0 Å². The van der Waals surface area contributed by atoms with E-state index in [-0.39, 0.29) is 6.04 Å². The van der Waals surface area contributed by atoms with Crippen LogP contribution in [0.25, 0.3) is 0 Å². The Kier molecular flexibility index (Phi) is 9.79. The molecule has 1 heterocycles. The van der Waals surface area contributed by atoms with E-state index in [1.54, 1.807) is 11.0 Å². The SMILES string of the molecule is NC1CCCC(N/C(=C\N2CCCCC2)Nc2ccc(N(C=O)CCc3ccc(Cl)cc3Cl)cc2)C1. The molecule has 2 aromatic rings. The quantitative estimate of drug-likeness (QED) is 0.341. The van der Waals surface area contributed by atoms with Crippen molar-refractivity contribution in [3.05, 3.63) is 70.1 Å². The number of carbonyl (C=O) groups is 1. The number of piperidine rings is 1. The Labute approximate surface area is 224 Å². The van der Waals surface area contributed by atoms with Crippen LogP contribution in [0.3, 0.4) is 0 Å². The van der Waals surface area contributed by atoms with Gasteiger partial charge in [-0.2, -0.15) is 0 Å². The molecular formula is C28H37Cl2N5O. The molecule has 2 unspecified atom stereocenters. The predicted molar refractivity (Wildman–Crippen MR) is 151 cm³/mol. The fraction of sp³-hybridized carbons (Fsp3) is 0.464. The Balaban J connectivity index is 1.41. The number of nitrogens with two attached hydrogens (primary N) is 1. The minimum atomic E-state index is 0.267. The molecule has 8 heteroatoms. The third-order valence-corrected chi connectivity index (χ3v) is 7.61. The smallest absolute Gasteiger partial charge is 0.214 e. The van der Waals surface area contributed by atoms with Crippen LogP contribution in [-0.2, 0) is 11.2 Å². The zero-order valence-corrected chi connectivity index (χ0v) is 22.3. The summed E-state index contributed by atoms with van der Waals surface area (Å²) in [6.07, 6.45) is 11.9. The molecule has 1 aliphatic carbocycles. The van der Waals surface area contributed by atoms with E-state index >= 15 is 0 Å². The molecule has 194 valence electrons. The molecule has 4 N–H and O–H groups in total. The van der Waals surface area contributed by atoms with Crippen molar-refractivity contribution in [1.82, 2.24) is 10.2 Å². The fourth-order valence-electron chi connectivity index (χ4n) is 5.01. The first-order valence-electron chi connectivity index (χ1n) is 13.0. The lowest BCUT2D eigenvalue weighted by molar-refractivity contribution is -0.107. The summed E-state index contributed by atoms with van der Waals surface area (Å²) in [6.45, 7) is 2.70. The zero-order valence-electron chi connectivity index (χ0n) is 20.8. The summed E-state index contributed by atoms with van der Waals surface area (Å²) < 4.78 is 0. The second-order valence-electron chi connectivity index (χ2n) is 9.86. The molecule has 1 amide bonds. The highest BCUT2D eigenvalue weighted by Gasteiger charge is 2.20. The number of anilines is 2. The number of nitrogens with one attached hydrogen (secondary N) is 2. The van der Waals surface area contributed by atoms with Crippen molar-refractivity contribution in [1.29, 1.82) is 0 Å². The second-order valence-corrected chi connectivity index (χ2v) is 10.7. The Morgan fingerprint density at radius 3 is 2.53 bits per heavy atom. The van der Waals surface area contributed by atoms with Gasteiger partial charge in [-0.05, 0) is 93.3 Å². The normalized spacial score (nSPS) is 20.6. The molecule has 2 atom stereocenters. The molecular weight excluding hydrogens is 493 g/mol. The topological polar surface area (TPSA) is 73.6 Å². The third kappa shape index (κ3) is 7.79. The van der Waals surface area contributed by atoms with Gasteiger partial charge in [0.05, 0.1) is 0 Å². The van der Waals surface area contributed by atoms with Crippen LogP contribution >= 0.6 is 23.2 Å². The molecule has 0 radical (unpaired) electrons. The highest BCUT2D eigenvalue weighted by molar-refractivity contribution is 6.35. The third-order valence-electron chi connectivity index (χ3n) is 7.02. The Bertz CT molecular complexity index is 1020. The Morgan fingerprint density at radius 1 is 1.06 bits per heavy atom. The van der Waals surface area contributed by atoms with Gasteiger partial charge >= 0.3 is 0 Å². The number of nitrogens with zero attached hydrogens (tertiary/aromatic N) is 2. The lowest BCUT2D eigenvalue weighted by atomic mass is 9.92. The van der Waals surface area contributed by atoms with Gasteiger partial charge in [0.15, 0.2) is 0 Å². The molecule has 1 saturated carbocycles. The lowest BCUT2D eigenvalue weighted by Crippen LogP contribution is -2.41. The number of halogens is 2. The van der Waals surface area contributed by atoms with E-state index in [0.717, 1.165) is 67.9 Å². The first-order chi connectivity index (χ1) is 17.5. The van der Waals surface area contributed by atoms with E-state index in [4.69, 9.17) is 28.9 Å². The molecule has 0 aromatic heterocycles. The highest BCUT2D eigenvalue weighted by Crippen LogP contribution is 2.24. The molecule has 36 heavy (non-hydrogen) atoms. The number of carbonyl (C=O) groups excluding carboxylic acids is 1. The molecule has 2 fully saturated rings. The van der Waals surface area contributed by atoms with Crippen molar-refractivity contribution in [3.8, 4) is 0 Å². The van der Waals surface area contributed by atoms with Crippen LogP contribution in [0.4, 0.5) is 11.4 Å². The molecule has 0 bridgehead atoms. The molecule has 1 saturated heterocycles. The van der Waals surface area contributed by atoms with Gasteiger partial charge in [-0.25, -0.2) is 0 Å². The monoisotopic (exact) mass is 529 g/mol. The van der Waals surface area contributed by atoms with Gasteiger partial charge in [-0.15, -0.1) is 0 Å². The fourth-order valence-corrected chi connectivity index (χ4v) is 5.52. The van der Waals surface area contributed by atoms with Crippen LogP contribution in [0.5, 0.6) is 0 Å². The number of rotatable bonds is 10. The molecule has 4 rings (SSSR count). The van der Waals surface area contributed by atoms with Crippen LogP contribution in [0.15, 0.2) is 54.5 Å². The maximum absolute atomic E-state index is 11.8. The van der Waals surface area contributed by atoms with Gasteiger partial charge in [-0.1, -0.05) is 29.3 Å². The molecule has 1 aliphatic heterocycles. The number of amides is 1. The predicted octanol–water partition coefficient (Wildman–Crippen LogP) is 5.76. The van der Waals surface area contributed by atoms with Crippen LogP contribution in [-0.4, -0.2) is 43.0 Å². The largest absolute Gasteiger partial charge is 0.374 e. The van der Waals surface area contributed by atoms with Crippen LogP contribution in [0.2, 0.25) is 10.0 Å². The van der Waals surface area contributed by atoms with Gasteiger partial charge in [0.2, 0.25) is 6.41 Å². The van der Waals surface area contributed by atoms with Gasteiger partial charge in [0.25, 0.3) is 0 Å². The second kappa shape index (κ2) is 13.2. The number of hydrogen-bond acceptors (Lipinski definition) is 5. The summed E-state index contributed by atoms with van der Waals surface area (Å²) in [5, 5.41) is 8.52. The zero-order chi connectivity index (χ0) is 25.3. The summed E-state index contributed by atoms with van der Waals surface area (Å²) in [6, 6.07) is 14.1. The van der Waals surface area contributed by atoms with Gasteiger partial charge in [-0.3, -0.25) is 4.79 Å². The number of benzene rings is 2. The van der Waals surface area contributed by atoms with E-state index in [0.29, 0.717) is 29.1 Å². The van der Waals surface area contributed by atoms with Crippen molar-refractivity contribution < 1.29 is 4.79 Å². The standard InChI is InChI=1S/C28H37Cl2N5O/c29-22-8-7-21(27(30)17-22)13-16-35(20-36)26-11-9-24(10-12-26)32-28(19-34-14-2-1-3-15-34)33-25-6-4-5-23(31)18-25/h7-12,17,19-20,23,25,32-33H,1-6,13-16,18,31H2/b28-19-. The van der Waals surface area contributed by atoms with Gasteiger partial charge in [0, 0.05) is 59.3 Å². The van der Waals surface area contributed by atoms with Crippen molar-refractivity contribution >= 4 is 41.0 Å². The van der Waals surface area contributed by atoms with Crippen molar-refractivity contribution in [2.75, 3.05) is 29.9 Å². The maximum atomic E-state index is 11.8. The van der Waals surface area contributed by atoms with Crippen molar-refractivity contribution in [2.24, 2.45) is 5.73 Å². The summed E-state index contributed by atoms with van der Waals surface area (Å²) >= 11 is 12.3. The van der Waals surface area contributed by atoms with Crippen LogP contribution < -0.4 is 21.3 Å². The number of likely N-dealkylation sites (tertiary alicyclic amines) is 1. The first kappa shape index (κ1) is 26.6.